The zero-order valence-corrected chi connectivity index (χ0v) is 14.5. The van der Waals surface area contributed by atoms with Gasteiger partial charge in [-0.1, -0.05) is 53.0 Å². The molecule has 1 saturated heterocycles. The molecular weight excluding hydrogens is 347 g/mol. The Morgan fingerprint density at radius 1 is 1.41 bits per heavy atom. The highest BCUT2D eigenvalue weighted by molar-refractivity contribution is 6.68. The van der Waals surface area contributed by atoms with Crippen molar-refractivity contribution in [2.24, 2.45) is 0 Å². The molecule has 0 radical (unpaired) electrons. The van der Waals surface area contributed by atoms with Crippen LogP contribution in [-0.2, 0) is 4.74 Å². The molecule has 1 aliphatic rings. The van der Waals surface area contributed by atoms with Crippen LogP contribution in [0, 0.1) is 6.92 Å². The third kappa shape index (κ3) is 5.00. The lowest BCUT2D eigenvalue weighted by molar-refractivity contribution is 0.0896. The summed E-state index contributed by atoms with van der Waals surface area (Å²) in [7, 11) is 0. The third-order valence-corrected chi connectivity index (χ3v) is 4.22. The lowest BCUT2D eigenvalue weighted by Gasteiger charge is -2.28. The fourth-order valence-corrected chi connectivity index (χ4v) is 2.73. The largest absolute Gasteiger partial charge is 0.377 e. The average Bonchev–Trinajstić information content (AvgIpc) is 2.95. The fraction of sp³-hybridized carbons (Fsp3) is 0.533. The van der Waals surface area contributed by atoms with Crippen LogP contribution in [-0.4, -0.2) is 35.1 Å². The number of halogens is 3. The number of hydrogen-bond acceptors (Lipinski definition) is 3. The van der Waals surface area contributed by atoms with Crippen molar-refractivity contribution in [2.45, 2.75) is 35.8 Å². The van der Waals surface area contributed by atoms with E-state index in [9.17, 15) is 4.79 Å². The zero-order chi connectivity index (χ0) is 16.2. The summed E-state index contributed by atoms with van der Waals surface area (Å²) in [6, 6.07) is 7.26. The van der Waals surface area contributed by atoms with E-state index in [1.165, 1.54) is 0 Å². The van der Waals surface area contributed by atoms with Gasteiger partial charge in [0.15, 0.2) is 0 Å². The Balaban J connectivity index is 2.00. The maximum atomic E-state index is 12.4. The van der Waals surface area contributed by atoms with E-state index in [1.54, 1.807) is 12.1 Å². The minimum Gasteiger partial charge on any atom is -0.377 e. The summed E-state index contributed by atoms with van der Waals surface area (Å²) >= 11 is 17.9. The van der Waals surface area contributed by atoms with Crippen molar-refractivity contribution in [3.05, 3.63) is 35.4 Å². The fourth-order valence-electron chi connectivity index (χ4n) is 2.34. The number of hydrogen-bond donors (Lipinski definition) is 2. The first-order chi connectivity index (χ1) is 10.4. The van der Waals surface area contributed by atoms with Crippen molar-refractivity contribution in [1.29, 1.82) is 0 Å². The predicted molar refractivity (Wildman–Crippen MR) is 89.7 cm³/mol. The van der Waals surface area contributed by atoms with Crippen molar-refractivity contribution in [3.8, 4) is 0 Å². The molecule has 22 heavy (non-hydrogen) atoms. The summed E-state index contributed by atoms with van der Waals surface area (Å²) < 4.78 is 3.86. The molecule has 7 heteroatoms. The monoisotopic (exact) mass is 364 g/mol. The van der Waals surface area contributed by atoms with Crippen LogP contribution in [0.1, 0.15) is 28.8 Å². The van der Waals surface area contributed by atoms with Gasteiger partial charge in [-0.2, -0.15) is 0 Å². The second-order valence-electron chi connectivity index (χ2n) is 5.31. The second-order valence-corrected chi connectivity index (χ2v) is 7.68. The van der Waals surface area contributed by atoms with Crippen LogP contribution in [0.4, 0.5) is 0 Å². The molecule has 1 amide bonds. The Hall–Kier alpha value is -0.520. The van der Waals surface area contributed by atoms with Crippen LogP contribution in [0.25, 0.3) is 0 Å². The summed E-state index contributed by atoms with van der Waals surface area (Å²) in [5.74, 6) is -0.283. The van der Waals surface area contributed by atoms with E-state index in [4.69, 9.17) is 39.5 Å². The number of nitrogens with one attached hydrogen (secondary N) is 2. The van der Waals surface area contributed by atoms with Crippen LogP contribution in [0.3, 0.4) is 0 Å². The van der Waals surface area contributed by atoms with E-state index >= 15 is 0 Å². The number of alkyl halides is 3. The highest BCUT2D eigenvalue weighted by atomic mass is 35.6. The number of amides is 1. The Labute approximate surface area is 145 Å². The number of carbonyl (C=O) groups is 1. The van der Waals surface area contributed by atoms with Crippen molar-refractivity contribution in [1.82, 2.24) is 10.6 Å². The molecule has 0 aromatic heterocycles. The highest BCUT2D eigenvalue weighted by Crippen LogP contribution is 2.29. The first-order valence-electron chi connectivity index (χ1n) is 7.16. The van der Waals surface area contributed by atoms with E-state index in [1.807, 2.05) is 19.1 Å². The Bertz CT molecular complexity index is 514. The van der Waals surface area contributed by atoms with Crippen molar-refractivity contribution in [2.75, 3.05) is 13.2 Å². The van der Waals surface area contributed by atoms with Crippen molar-refractivity contribution < 1.29 is 9.53 Å². The molecule has 0 spiro atoms. The van der Waals surface area contributed by atoms with E-state index in [0.29, 0.717) is 12.1 Å². The van der Waals surface area contributed by atoms with Gasteiger partial charge in [-0.15, -0.1) is 0 Å². The summed E-state index contributed by atoms with van der Waals surface area (Å²) in [5.41, 5.74) is 1.42. The van der Waals surface area contributed by atoms with Gasteiger partial charge in [-0.05, 0) is 31.4 Å². The number of aryl methyl sites for hydroxylation is 1. The third-order valence-electron chi connectivity index (χ3n) is 3.57. The van der Waals surface area contributed by atoms with E-state index in [-0.39, 0.29) is 12.0 Å². The van der Waals surface area contributed by atoms with Gasteiger partial charge in [0.05, 0.1) is 6.10 Å². The topological polar surface area (TPSA) is 50.4 Å². The van der Waals surface area contributed by atoms with Gasteiger partial charge in [-0.25, -0.2) is 0 Å². The lowest BCUT2D eigenvalue weighted by atomic mass is 10.1. The molecule has 122 valence electrons. The number of ether oxygens (including phenoxy) is 1. The van der Waals surface area contributed by atoms with Gasteiger partial charge in [0, 0.05) is 18.7 Å². The minimum absolute atomic E-state index is 0.0882. The molecule has 0 aliphatic carbocycles. The van der Waals surface area contributed by atoms with Crippen LogP contribution in [0.5, 0.6) is 0 Å². The quantitative estimate of drug-likeness (QED) is 0.622. The summed E-state index contributed by atoms with van der Waals surface area (Å²) in [6.07, 6.45) is 1.28. The predicted octanol–water partition coefficient (Wildman–Crippen LogP) is 3.19. The van der Waals surface area contributed by atoms with Gasteiger partial charge in [0.25, 0.3) is 5.91 Å². The SMILES string of the molecule is Cc1ccccc1C(=O)N[C@H](NC[C@H]1CCCO1)C(Cl)(Cl)Cl. The van der Waals surface area contributed by atoms with E-state index < -0.39 is 9.96 Å². The number of carbonyl (C=O) groups excluding carboxylic acids is 1. The Kier molecular flexibility index (Phi) is 6.36. The van der Waals surface area contributed by atoms with Crippen LogP contribution < -0.4 is 10.6 Å². The normalized spacial score (nSPS) is 19.9. The van der Waals surface area contributed by atoms with Crippen molar-refractivity contribution >= 4 is 40.7 Å². The Morgan fingerprint density at radius 3 is 2.73 bits per heavy atom. The standard InChI is InChI=1S/C15H19Cl3N2O2/c1-10-5-2-3-7-12(10)13(21)20-14(15(16,17)18)19-9-11-6-4-8-22-11/h2-3,5,7,11,14,19H,4,6,8-9H2,1H3,(H,20,21)/t11-,14+/m1/s1. The van der Waals surface area contributed by atoms with E-state index in [0.717, 1.165) is 25.0 Å². The van der Waals surface area contributed by atoms with Crippen LogP contribution >= 0.6 is 34.8 Å². The molecule has 2 atom stereocenters. The maximum absolute atomic E-state index is 12.4. The summed E-state index contributed by atoms with van der Waals surface area (Å²) in [5, 5.41) is 5.81. The molecule has 1 aromatic rings. The highest BCUT2D eigenvalue weighted by Gasteiger charge is 2.34. The van der Waals surface area contributed by atoms with Gasteiger partial charge in [0.2, 0.25) is 3.79 Å². The van der Waals surface area contributed by atoms with E-state index in [2.05, 4.69) is 10.6 Å². The van der Waals surface area contributed by atoms with Crippen molar-refractivity contribution in [3.63, 3.8) is 0 Å². The zero-order valence-electron chi connectivity index (χ0n) is 12.2. The van der Waals surface area contributed by atoms with Gasteiger partial charge in [0.1, 0.15) is 6.17 Å². The van der Waals surface area contributed by atoms with Gasteiger partial charge in [-0.3, -0.25) is 10.1 Å². The van der Waals surface area contributed by atoms with Gasteiger partial charge >= 0.3 is 0 Å². The molecule has 0 saturated carbocycles. The molecule has 1 aromatic carbocycles. The summed E-state index contributed by atoms with van der Waals surface area (Å²) in [6.45, 7) is 3.13. The molecule has 1 heterocycles. The lowest BCUT2D eigenvalue weighted by Crippen LogP contribution is -2.55. The second kappa shape index (κ2) is 7.84. The maximum Gasteiger partial charge on any atom is 0.252 e. The molecule has 0 bridgehead atoms. The molecule has 4 nitrogen and oxygen atoms in total. The molecule has 2 rings (SSSR count). The first kappa shape index (κ1) is 17.8. The summed E-state index contributed by atoms with van der Waals surface area (Å²) in [4.78, 5) is 12.4. The number of benzene rings is 1. The first-order valence-corrected chi connectivity index (χ1v) is 8.29. The molecule has 1 aliphatic heterocycles. The molecule has 2 N–H and O–H groups in total. The average molecular weight is 366 g/mol. The molecule has 0 unspecified atom stereocenters. The van der Waals surface area contributed by atoms with Crippen LogP contribution in [0.2, 0.25) is 0 Å². The minimum atomic E-state index is -1.66. The molecule has 1 fully saturated rings. The Morgan fingerprint density at radius 2 is 2.14 bits per heavy atom. The molecular formula is C15H19Cl3N2O2. The van der Waals surface area contributed by atoms with Gasteiger partial charge < -0.3 is 10.1 Å². The smallest absolute Gasteiger partial charge is 0.252 e. The van der Waals surface area contributed by atoms with Crippen LogP contribution in [0.15, 0.2) is 24.3 Å². The number of rotatable bonds is 5.